The molecule has 1 aliphatic rings. The minimum Gasteiger partial charge on any atom is -0.463 e. The highest BCUT2D eigenvalue weighted by atomic mass is 19.4. The summed E-state index contributed by atoms with van der Waals surface area (Å²) in [6.07, 6.45) is -11.0. The number of esters is 2. The van der Waals surface area contributed by atoms with Gasteiger partial charge < -0.3 is 14.8 Å². The van der Waals surface area contributed by atoms with Gasteiger partial charge >= 0.3 is 24.3 Å². The summed E-state index contributed by atoms with van der Waals surface area (Å²) in [6, 6.07) is 0.230. The van der Waals surface area contributed by atoms with Gasteiger partial charge in [0.1, 0.15) is 5.70 Å². The van der Waals surface area contributed by atoms with Crippen LogP contribution in [0.15, 0.2) is 41.1 Å². The molecule has 180 valence electrons. The second-order valence-electron chi connectivity index (χ2n) is 6.40. The van der Waals surface area contributed by atoms with Crippen LogP contribution in [0.1, 0.15) is 19.4 Å². The average molecular weight is 482 g/mol. The van der Waals surface area contributed by atoms with Gasteiger partial charge in [-0.15, -0.1) is 0 Å². The van der Waals surface area contributed by atoms with Crippen LogP contribution in [0.5, 0.6) is 0 Å². The Morgan fingerprint density at radius 2 is 1.64 bits per heavy atom. The summed E-state index contributed by atoms with van der Waals surface area (Å²) in [4.78, 5) is 35.2. The van der Waals surface area contributed by atoms with Gasteiger partial charge in [0.15, 0.2) is 6.04 Å². The van der Waals surface area contributed by atoms with Crippen LogP contribution in [-0.2, 0) is 19.1 Å². The van der Waals surface area contributed by atoms with Gasteiger partial charge in [0.05, 0.1) is 29.3 Å². The fraction of sp³-hybridized carbons (Fsp3) is 0.368. The van der Waals surface area contributed by atoms with E-state index in [2.05, 4.69) is 9.47 Å². The summed E-state index contributed by atoms with van der Waals surface area (Å²) in [6.45, 7) is 1.59. The molecule has 2 rings (SSSR count). The molecule has 14 heteroatoms. The summed E-state index contributed by atoms with van der Waals surface area (Å²) in [5.74, 6) is -3.36. The SMILES string of the molecule is CCOC(=O)C1=C(C(F)(F)F)NC(C(F)(F)F)C(C(=O)OCC)=C1c1cccc([N+](=O)[O-])c1. The molecule has 0 aromatic heterocycles. The number of ether oxygens (including phenoxy) is 2. The molecule has 1 unspecified atom stereocenters. The normalized spacial score (nSPS) is 16.9. The fourth-order valence-corrected chi connectivity index (χ4v) is 3.07. The number of nitrogens with zero attached hydrogens (tertiary/aromatic N) is 1. The Morgan fingerprint density at radius 3 is 2.12 bits per heavy atom. The molecule has 1 atom stereocenters. The van der Waals surface area contributed by atoms with Crippen molar-refractivity contribution in [2.24, 2.45) is 0 Å². The van der Waals surface area contributed by atoms with E-state index in [0.717, 1.165) is 18.2 Å². The number of carbonyl (C=O) groups excluding carboxylic acids is 2. The topological polar surface area (TPSA) is 108 Å². The van der Waals surface area contributed by atoms with E-state index >= 15 is 0 Å². The smallest absolute Gasteiger partial charge is 0.431 e. The minimum atomic E-state index is -5.52. The Morgan fingerprint density at radius 1 is 1.06 bits per heavy atom. The van der Waals surface area contributed by atoms with Crippen molar-refractivity contribution in [2.75, 3.05) is 13.2 Å². The summed E-state index contributed by atoms with van der Waals surface area (Å²) in [7, 11) is 0. The monoisotopic (exact) mass is 482 g/mol. The van der Waals surface area contributed by atoms with Gasteiger partial charge in [-0.3, -0.25) is 10.1 Å². The first-order valence-corrected chi connectivity index (χ1v) is 9.22. The minimum absolute atomic E-state index is 0.445. The lowest BCUT2D eigenvalue weighted by Gasteiger charge is -2.34. The molecule has 1 aliphatic heterocycles. The van der Waals surface area contributed by atoms with Gasteiger partial charge in [0, 0.05) is 17.7 Å². The third kappa shape index (κ3) is 5.43. The molecule has 0 spiro atoms. The molecule has 1 aromatic rings. The first kappa shape index (κ1) is 25.7. The molecule has 1 heterocycles. The lowest BCUT2D eigenvalue weighted by molar-refractivity contribution is -0.384. The Labute approximate surface area is 182 Å². The van der Waals surface area contributed by atoms with E-state index in [1.54, 1.807) is 0 Å². The van der Waals surface area contributed by atoms with E-state index < -0.39 is 82.1 Å². The van der Waals surface area contributed by atoms with Crippen molar-refractivity contribution in [2.45, 2.75) is 32.2 Å². The molecule has 0 saturated carbocycles. The van der Waals surface area contributed by atoms with Gasteiger partial charge in [-0.1, -0.05) is 12.1 Å². The van der Waals surface area contributed by atoms with Crippen molar-refractivity contribution in [3.63, 3.8) is 0 Å². The third-order valence-electron chi connectivity index (χ3n) is 4.28. The van der Waals surface area contributed by atoms with Crippen molar-refractivity contribution < 1.29 is 50.3 Å². The number of benzene rings is 1. The summed E-state index contributed by atoms with van der Waals surface area (Å²) < 4.78 is 92.0. The van der Waals surface area contributed by atoms with E-state index in [4.69, 9.17) is 0 Å². The summed E-state index contributed by atoms with van der Waals surface area (Å²) in [5.41, 5.74) is -7.38. The number of nitro benzene ring substituents is 1. The van der Waals surface area contributed by atoms with Gasteiger partial charge in [-0.25, -0.2) is 9.59 Å². The number of hydrogen-bond donors (Lipinski definition) is 1. The fourth-order valence-electron chi connectivity index (χ4n) is 3.07. The number of alkyl halides is 6. The molecule has 0 radical (unpaired) electrons. The number of carbonyl (C=O) groups is 2. The Balaban J connectivity index is 3.08. The highest BCUT2D eigenvalue weighted by Gasteiger charge is 2.54. The van der Waals surface area contributed by atoms with Crippen molar-refractivity contribution >= 4 is 23.2 Å². The first-order valence-electron chi connectivity index (χ1n) is 9.22. The van der Waals surface area contributed by atoms with E-state index in [-0.39, 0.29) is 0 Å². The zero-order valence-electron chi connectivity index (χ0n) is 17.0. The lowest BCUT2D eigenvalue weighted by Crippen LogP contribution is -2.51. The summed E-state index contributed by atoms with van der Waals surface area (Å²) in [5, 5.41) is 12.3. The molecule has 33 heavy (non-hydrogen) atoms. The molecular formula is C19H16F6N2O6. The number of allylic oxidation sites excluding steroid dienone is 1. The zero-order chi connectivity index (χ0) is 25.1. The van der Waals surface area contributed by atoms with Crippen LogP contribution in [0, 0.1) is 10.1 Å². The van der Waals surface area contributed by atoms with Crippen LogP contribution >= 0.6 is 0 Å². The van der Waals surface area contributed by atoms with Crippen molar-refractivity contribution in [3.8, 4) is 0 Å². The predicted molar refractivity (Wildman–Crippen MR) is 99.3 cm³/mol. The lowest BCUT2D eigenvalue weighted by atomic mass is 9.84. The van der Waals surface area contributed by atoms with Crippen LogP contribution in [0.3, 0.4) is 0 Å². The molecule has 8 nitrogen and oxygen atoms in total. The quantitative estimate of drug-likeness (QED) is 0.284. The van der Waals surface area contributed by atoms with Gasteiger partial charge in [-0.2, -0.15) is 26.3 Å². The number of hydrogen-bond acceptors (Lipinski definition) is 7. The maximum atomic E-state index is 13.8. The number of nitro groups is 1. The third-order valence-corrected chi connectivity index (χ3v) is 4.28. The first-order chi connectivity index (χ1) is 15.2. The van der Waals surface area contributed by atoms with E-state index in [9.17, 15) is 46.0 Å². The highest BCUT2D eigenvalue weighted by molar-refractivity contribution is 6.15. The van der Waals surface area contributed by atoms with Crippen LogP contribution in [0.25, 0.3) is 5.57 Å². The predicted octanol–water partition coefficient (Wildman–Crippen LogP) is 3.83. The number of nitrogens with one attached hydrogen (secondary N) is 1. The molecular weight excluding hydrogens is 466 g/mol. The second-order valence-corrected chi connectivity index (χ2v) is 6.40. The van der Waals surface area contributed by atoms with Gasteiger partial charge in [0.2, 0.25) is 0 Å². The van der Waals surface area contributed by atoms with Crippen LogP contribution in [0.2, 0.25) is 0 Å². The molecule has 0 bridgehead atoms. The Bertz CT molecular complexity index is 1030. The average Bonchev–Trinajstić information content (AvgIpc) is 2.71. The van der Waals surface area contributed by atoms with Crippen molar-refractivity contribution in [1.29, 1.82) is 0 Å². The molecule has 0 amide bonds. The second kappa shape index (κ2) is 9.50. The van der Waals surface area contributed by atoms with E-state index in [1.807, 2.05) is 0 Å². The molecule has 0 saturated heterocycles. The number of dihydropyridines is 1. The molecule has 1 aromatic carbocycles. The Kier molecular flexibility index (Phi) is 7.39. The largest absolute Gasteiger partial charge is 0.463 e. The summed E-state index contributed by atoms with van der Waals surface area (Å²) >= 11 is 0. The molecule has 1 N–H and O–H groups in total. The Hall–Kier alpha value is -3.58. The van der Waals surface area contributed by atoms with E-state index in [1.165, 1.54) is 19.2 Å². The van der Waals surface area contributed by atoms with Crippen molar-refractivity contribution in [3.05, 3.63) is 56.8 Å². The molecule has 0 aliphatic carbocycles. The van der Waals surface area contributed by atoms with Crippen LogP contribution < -0.4 is 5.32 Å². The van der Waals surface area contributed by atoms with E-state index in [0.29, 0.717) is 6.07 Å². The molecule has 0 fully saturated rings. The number of rotatable bonds is 6. The van der Waals surface area contributed by atoms with Crippen LogP contribution in [-0.4, -0.2) is 48.5 Å². The van der Waals surface area contributed by atoms with Crippen LogP contribution in [0.4, 0.5) is 32.0 Å². The van der Waals surface area contributed by atoms with Gasteiger partial charge in [0.25, 0.3) is 5.69 Å². The highest BCUT2D eigenvalue weighted by Crippen LogP contribution is 2.44. The number of non-ortho nitro benzene ring substituents is 1. The maximum Gasteiger partial charge on any atom is 0.431 e. The standard InChI is InChI=1S/C19H16F6N2O6/c1-3-32-16(28)12-11(9-6-5-7-10(8-9)27(30)31)13(17(29)33-4-2)15(19(23,24)25)26-14(12)18(20,21)22/h5-8,14,26H,3-4H2,1-2H3. The number of halogens is 6. The van der Waals surface area contributed by atoms with Crippen molar-refractivity contribution in [1.82, 2.24) is 5.32 Å². The van der Waals surface area contributed by atoms with Gasteiger partial charge in [-0.05, 0) is 19.4 Å². The maximum absolute atomic E-state index is 13.8. The zero-order valence-corrected chi connectivity index (χ0v) is 17.0.